The smallest absolute Gasteiger partial charge is 0.143 e. The summed E-state index contributed by atoms with van der Waals surface area (Å²) < 4.78 is 5.29. The Bertz CT molecular complexity index is 365. The Labute approximate surface area is 111 Å². The van der Waals surface area contributed by atoms with Gasteiger partial charge >= 0.3 is 0 Å². The molecule has 0 heterocycles. The van der Waals surface area contributed by atoms with Crippen molar-refractivity contribution in [2.45, 2.75) is 27.7 Å². The van der Waals surface area contributed by atoms with Crippen molar-refractivity contribution in [1.29, 1.82) is 0 Å². The lowest BCUT2D eigenvalue weighted by molar-refractivity contribution is 0.416. The molecule has 0 saturated heterocycles. The van der Waals surface area contributed by atoms with Gasteiger partial charge in [0.05, 0.1) is 18.5 Å². The fourth-order valence-corrected chi connectivity index (χ4v) is 2.14. The first-order valence-corrected chi connectivity index (χ1v) is 6.63. The zero-order chi connectivity index (χ0) is 13.7. The zero-order valence-corrected chi connectivity index (χ0v) is 12.2. The minimum absolute atomic E-state index is 0.606. The summed E-state index contributed by atoms with van der Waals surface area (Å²) in [5.41, 5.74) is 8.00. The van der Waals surface area contributed by atoms with Gasteiger partial charge in [-0.1, -0.05) is 33.8 Å². The standard InChI is InChI=1S/C15H26N2O/c1-11(2)9-17(10-12(3)4)13-7-6-8-14(18-5)15(13)16/h6-8,11-12H,9-10,16H2,1-5H3. The molecule has 0 radical (unpaired) electrons. The van der Waals surface area contributed by atoms with E-state index in [-0.39, 0.29) is 0 Å². The highest BCUT2D eigenvalue weighted by Gasteiger charge is 2.15. The van der Waals surface area contributed by atoms with Crippen LogP contribution in [0.1, 0.15) is 27.7 Å². The van der Waals surface area contributed by atoms with Crippen LogP contribution in [0.25, 0.3) is 0 Å². The average molecular weight is 250 g/mol. The minimum atomic E-state index is 0.606. The van der Waals surface area contributed by atoms with Crippen LogP contribution in [-0.2, 0) is 0 Å². The molecule has 1 rings (SSSR count). The fraction of sp³-hybridized carbons (Fsp3) is 0.600. The lowest BCUT2D eigenvalue weighted by Crippen LogP contribution is -2.31. The second-order valence-electron chi connectivity index (χ2n) is 5.59. The predicted octanol–water partition coefficient (Wildman–Crippen LogP) is 3.40. The highest BCUT2D eigenvalue weighted by Crippen LogP contribution is 2.32. The van der Waals surface area contributed by atoms with E-state index in [4.69, 9.17) is 10.5 Å². The molecule has 0 aromatic heterocycles. The Kier molecular flexibility index (Phi) is 5.32. The van der Waals surface area contributed by atoms with Gasteiger partial charge in [-0.15, -0.1) is 0 Å². The summed E-state index contributed by atoms with van der Waals surface area (Å²) in [4.78, 5) is 2.35. The van der Waals surface area contributed by atoms with E-state index in [2.05, 4.69) is 38.7 Å². The van der Waals surface area contributed by atoms with Crippen LogP contribution in [0.4, 0.5) is 11.4 Å². The first kappa shape index (κ1) is 14.7. The molecule has 0 fully saturated rings. The zero-order valence-electron chi connectivity index (χ0n) is 12.2. The molecule has 0 aliphatic heterocycles. The third-order valence-electron chi connectivity index (χ3n) is 2.77. The largest absolute Gasteiger partial charge is 0.495 e. The Morgan fingerprint density at radius 2 is 1.67 bits per heavy atom. The van der Waals surface area contributed by atoms with Gasteiger partial charge in [0.2, 0.25) is 0 Å². The van der Waals surface area contributed by atoms with E-state index < -0.39 is 0 Å². The predicted molar refractivity (Wildman–Crippen MR) is 79.3 cm³/mol. The van der Waals surface area contributed by atoms with Gasteiger partial charge < -0.3 is 15.4 Å². The first-order valence-electron chi connectivity index (χ1n) is 6.63. The molecule has 3 nitrogen and oxygen atoms in total. The second kappa shape index (κ2) is 6.53. The molecule has 0 unspecified atom stereocenters. The summed E-state index contributed by atoms with van der Waals surface area (Å²) in [6, 6.07) is 5.97. The molecule has 102 valence electrons. The number of nitrogens with zero attached hydrogens (tertiary/aromatic N) is 1. The SMILES string of the molecule is COc1cccc(N(CC(C)C)CC(C)C)c1N. The van der Waals surface area contributed by atoms with Gasteiger partial charge in [-0.25, -0.2) is 0 Å². The van der Waals surface area contributed by atoms with Crippen molar-refractivity contribution in [1.82, 2.24) is 0 Å². The first-order chi connectivity index (χ1) is 8.45. The van der Waals surface area contributed by atoms with Gasteiger partial charge in [0.1, 0.15) is 5.75 Å². The average Bonchev–Trinajstić information content (AvgIpc) is 2.27. The molecule has 0 saturated carbocycles. The number of nitrogen functional groups attached to an aromatic ring is 1. The monoisotopic (exact) mass is 250 g/mol. The third-order valence-corrected chi connectivity index (χ3v) is 2.77. The third kappa shape index (κ3) is 3.83. The minimum Gasteiger partial charge on any atom is -0.495 e. The highest BCUT2D eigenvalue weighted by molar-refractivity contribution is 5.74. The maximum Gasteiger partial charge on any atom is 0.143 e. The number of benzene rings is 1. The van der Waals surface area contributed by atoms with Crippen molar-refractivity contribution >= 4 is 11.4 Å². The number of rotatable bonds is 6. The van der Waals surface area contributed by atoms with Crippen LogP contribution in [0.3, 0.4) is 0 Å². The normalized spacial score (nSPS) is 11.1. The molecule has 1 aromatic carbocycles. The molecular formula is C15H26N2O. The van der Waals surface area contributed by atoms with E-state index in [1.54, 1.807) is 7.11 Å². The number of hydrogen-bond acceptors (Lipinski definition) is 3. The van der Waals surface area contributed by atoms with E-state index in [1.807, 2.05) is 12.1 Å². The quantitative estimate of drug-likeness (QED) is 0.786. The molecule has 0 spiro atoms. The van der Waals surface area contributed by atoms with Crippen LogP contribution in [0.2, 0.25) is 0 Å². The van der Waals surface area contributed by atoms with Crippen molar-refractivity contribution in [2.24, 2.45) is 11.8 Å². The Morgan fingerprint density at radius 3 is 2.11 bits per heavy atom. The molecule has 2 N–H and O–H groups in total. The van der Waals surface area contributed by atoms with E-state index >= 15 is 0 Å². The van der Waals surface area contributed by atoms with E-state index in [0.717, 1.165) is 30.2 Å². The Hall–Kier alpha value is -1.38. The summed E-state index contributed by atoms with van der Waals surface area (Å²) in [5, 5.41) is 0. The van der Waals surface area contributed by atoms with Gasteiger partial charge in [-0.3, -0.25) is 0 Å². The Morgan fingerprint density at radius 1 is 1.11 bits per heavy atom. The van der Waals surface area contributed by atoms with Crippen LogP contribution < -0.4 is 15.4 Å². The number of ether oxygens (including phenoxy) is 1. The van der Waals surface area contributed by atoms with Gasteiger partial charge in [-0.05, 0) is 24.0 Å². The molecule has 0 amide bonds. The van der Waals surface area contributed by atoms with Crippen molar-refractivity contribution in [3.05, 3.63) is 18.2 Å². The van der Waals surface area contributed by atoms with E-state index in [9.17, 15) is 0 Å². The molecule has 0 atom stereocenters. The maximum atomic E-state index is 6.18. The molecule has 0 aliphatic rings. The van der Waals surface area contributed by atoms with Gasteiger partial charge in [0.25, 0.3) is 0 Å². The van der Waals surface area contributed by atoms with E-state index in [0.29, 0.717) is 11.8 Å². The van der Waals surface area contributed by atoms with Crippen LogP contribution in [0.5, 0.6) is 5.75 Å². The summed E-state index contributed by atoms with van der Waals surface area (Å²) in [7, 11) is 1.66. The molecular weight excluding hydrogens is 224 g/mol. The van der Waals surface area contributed by atoms with Crippen LogP contribution in [0, 0.1) is 11.8 Å². The van der Waals surface area contributed by atoms with Crippen LogP contribution in [-0.4, -0.2) is 20.2 Å². The number of nitrogens with two attached hydrogens (primary N) is 1. The molecule has 18 heavy (non-hydrogen) atoms. The van der Waals surface area contributed by atoms with Crippen molar-refractivity contribution in [3.63, 3.8) is 0 Å². The number of anilines is 2. The molecule has 0 bridgehead atoms. The van der Waals surface area contributed by atoms with Crippen LogP contribution in [0.15, 0.2) is 18.2 Å². The highest BCUT2D eigenvalue weighted by atomic mass is 16.5. The van der Waals surface area contributed by atoms with Crippen molar-refractivity contribution in [3.8, 4) is 5.75 Å². The lowest BCUT2D eigenvalue weighted by Gasteiger charge is -2.30. The molecule has 0 aliphatic carbocycles. The van der Waals surface area contributed by atoms with Gasteiger partial charge in [0.15, 0.2) is 0 Å². The number of hydrogen-bond donors (Lipinski definition) is 1. The number of methoxy groups -OCH3 is 1. The summed E-state index contributed by atoms with van der Waals surface area (Å²) >= 11 is 0. The molecule has 1 aromatic rings. The lowest BCUT2D eigenvalue weighted by atomic mass is 10.1. The van der Waals surface area contributed by atoms with Gasteiger partial charge in [-0.2, -0.15) is 0 Å². The Balaban J connectivity index is 3.03. The van der Waals surface area contributed by atoms with Crippen molar-refractivity contribution < 1.29 is 4.74 Å². The number of para-hydroxylation sites is 1. The second-order valence-corrected chi connectivity index (χ2v) is 5.59. The molecule has 3 heteroatoms. The fourth-order valence-electron chi connectivity index (χ4n) is 2.14. The summed E-state index contributed by atoms with van der Waals surface area (Å²) in [5.74, 6) is 1.97. The van der Waals surface area contributed by atoms with Crippen LogP contribution >= 0.6 is 0 Å². The summed E-state index contributed by atoms with van der Waals surface area (Å²) in [6.07, 6.45) is 0. The van der Waals surface area contributed by atoms with Crippen molar-refractivity contribution in [2.75, 3.05) is 30.8 Å². The maximum absolute atomic E-state index is 6.18. The topological polar surface area (TPSA) is 38.5 Å². The van der Waals surface area contributed by atoms with Gasteiger partial charge in [0, 0.05) is 13.1 Å². The van der Waals surface area contributed by atoms with E-state index in [1.165, 1.54) is 0 Å². The summed E-state index contributed by atoms with van der Waals surface area (Å²) in [6.45, 7) is 10.9.